The number of nitro groups is 2. The molecule has 8 bridgehead atoms. The van der Waals surface area contributed by atoms with Crippen molar-refractivity contribution >= 4 is 80.8 Å². The maximum absolute atomic E-state index is 14.6. The van der Waals surface area contributed by atoms with Crippen LogP contribution in [-0.2, 0) is 30.1 Å². The van der Waals surface area contributed by atoms with Crippen molar-refractivity contribution in [2.45, 2.75) is 59.2 Å². The summed E-state index contributed by atoms with van der Waals surface area (Å²) in [6.45, 7) is 4.25. The van der Waals surface area contributed by atoms with Crippen LogP contribution >= 0.6 is 46.4 Å². The van der Waals surface area contributed by atoms with Gasteiger partial charge in [0.15, 0.2) is 33.8 Å². The van der Waals surface area contributed by atoms with Crippen molar-refractivity contribution in [1.82, 2.24) is 0 Å². The first kappa shape index (κ1) is 55.7. The Morgan fingerprint density at radius 3 is 1.05 bits per heavy atom. The second kappa shape index (κ2) is 20.4. The Balaban J connectivity index is 0.000000154. The van der Waals surface area contributed by atoms with Crippen LogP contribution in [0.4, 0.5) is 11.4 Å². The van der Waals surface area contributed by atoms with E-state index in [-0.39, 0.29) is 69.1 Å². The minimum absolute atomic E-state index is 0.0301. The number of benzene rings is 6. The molecule has 2 aliphatic heterocycles. The lowest BCUT2D eigenvalue weighted by molar-refractivity contribution is -0.385. The number of nitrogens with zero attached hydrogens (tertiary/aromatic N) is 4. The Hall–Kier alpha value is -6.20. The molecule has 412 valence electrons. The van der Waals surface area contributed by atoms with Crippen molar-refractivity contribution in [3.63, 3.8) is 0 Å². The van der Waals surface area contributed by atoms with Gasteiger partial charge in [-0.2, -0.15) is 0 Å². The largest absolute Gasteiger partial charge is 0.386 e. The molecule has 6 aliphatic carbocycles. The number of non-ortho nitro benzene ring substituents is 2. The highest BCUT2D eigenvalue weighted by Crippen LogP contribution is 2.83. The molecule has 6 fully saturated rings. The number of Topliss-reactive ketones (excluding diaryl/α,β-unsaturated/α-hetero) is 2. The fraction of sp³-hybridized carbons (Fsp3) is 0.355. The number of ketones is 2. The molecule has 0 spiro atoms. The highest BCUT2D eigenvalue weighted by atomic mass is 35.5. The molecule has 14 rings (SSSR count). The van der Waals surface area contributed by atoms with E-state index in [2.05, 4.69) is 13.8 Å². The lowest BCUT2D eigenvalue weighted by atomic mass is 9.69. The monoisotopic (exact) mass is 1160 g/mol. The van der Waals surface area contributed by atoms with Crippen LogP contribution < -0.4 is 0 Å². The summed E-state index contributed by atoms with van der Waals surface area (Å²) in [5.74, 6) is -3.62. The van der Waals surface area contributed by atoms with Crippen molar-refractivity contribution in [3.8, 4) is 0 Å². The minimum Gasteiger partial charge on any atom is -0.386 e. The van der Waals surface area contributed by atoms with Gasteiger partial charge in [-0.05, 0) is 81.3 Å². The van der Waals surface area contributed by atoms with Crippen molar-refractivity contribution in [1.29, 1.82) is 0 Å². The van der Waals surface area contributed by atoms with Gasteiger partial charge in [0.05, 0.1) is 43.8 Å². The number of aliphatic imine (C=N–C) groups is 2. The topological polar surface area (TPSA) is 204 Å². The Bertz CT molecular complexity index is 3230. The number of ether oxygens (including phenoxy) is 2. The summed E-state index contributed by atoms with van der Waals surface area (Å²) in [5, 5.41) is 49.0. The number of halogens is 4. The smallest absolute Gasteiger partial charge is 0.269 e. The average molecular weight is 1160 g/mol. The molecule has 8 aliphatic rings. The highest BCUT2D eigenvalue weighted by molar-refractivity contribution is 6.41. The fourth-order valence-electron chi connectivity index (χ4n) is 17.3. The maximum Gasteiger partial charge on any atom is 0.269 e. The van der Waals surface area contributed by atoms with Crippen molar-refractivity contribution in [3.05, 3.63) is 223 Å². The van der Waals surface area contributed by atoms with Crippen molar-refractivity contribution in [2.75, 3.05) is 24.9 Å². The van der Waals surface area contributed by atoms with Gasteiger partial charge in [-0.1, -0.05) is 135 Å². The molecule has 16 atom stereocenters. The van der Waals surface area contributed by atoms with Crippen LogP contribution in [0.25, 0.3) is 0 Å². The minimum atomic E-state index is -1.50. The van der Waals surface area contributed by atoms with Gasteiger partial charge in [0.2, 0.25) is 0 Å². The van der Waals surface area contributed by atoms with Gasteiger partial charge in [-0.3, -0.25) is 39.8 Å². The summed E-state index contributed by atoms with van der Waals surface area (Å²) in [6.07, 6.45) is 0. The third-order valence-corrected chi connectivity index (χ3v) is 19.4. The first-order chi connectivity index (χ1) is 38.5. The first-order valence-electron chi connectivity index (χ1n) is 26.3. The maximum atomic E-state index is 14.6. The first-order valence-corrected chi connectivity index (χ1v) is 28.4. The predicted octanol–water partition coefficient (Wildman–Crippen LogP) is 11.4. The second-order valence-electron chi connectivity index (χ2n) is 21.8. The molecule has 14 nitrogen and oxygen atoms in total. The van der Waals surface area contributed by atoms with Gasteiger partial charge in [-0.15, -0.1) is 46.4 Å². The van der Waals surface area contributed by atoms with E-state index >= 15 is 0 Å². The summed E-state index contributed by atoms with van der Waals surface area (Å²) < 4.78 is 12.6. The van der Waals surface area contributed by atoms with Gasteiger partial charge in [0.25, 0.3) is 11.4 Å². The van der Waals surface area contributed by atoms with E-state index in [4.69, 9.17) is 65.9 Å². The van der Waals surface area contributed by atoms with Crippen LogP contribution in [0.2, 0.25) is 0 Å². The van der Waals surface area contributed by atoms with Gasteiger partial charge in [0.1, 0.15) is 11.2 Å². The number of hydrogen-bond acceptors (Lipinski definition) is 12. The van der Waals surface area contributed by atoms with Gasteiger partial charge in [0, 0.05) is 62.2 Å². The number of nitro benzene ring substituents is 2. The molecule has 6 aromatic rings. The average Bonchev–Trinajstić information content (AvgIpc) is 2.33. The third-order valence-electron chi connectivity index (χ3n) is 19.4. The molecule has 2 heterocycles. The molecule has 2 N–H and O–H groups in total. The van der Waals surface area contributed by atoms with Gasteiger partial charge in [-0.25, -0.2) is 0 Å². The van der Waals surface area contributed by atoms with Crippen molar-refractivity contribution < 1.29 is 39.1 Å². The molecule has 0 amide bonds. The van der Waals surface area contributed by atoms with Gasteiger partial charge >= 0.3 is 0 Å². The highest BCUT2D eigenvalue weighted by Gasteiger charge is 2.97. The van der Waals surface area contributed by atoms with Crippen LogP contribution in [0.3, 0.4) is 0 Å². The number of rotatable bonds is 10. The Morgan fingerprint density at radius 1 is 0.487 bits per heavy atom. The van der Waals surface area contributed by atoms with Gasteiger partial charge < -0.3 is 19.7 Å². The zero-order valence-electron chi connectivity index (χ0n) is 43.8. The number of hydrogen-bond donors (Lipinski definition) is 2. The van der Waals surface area contributed by atoms with E-state index in [1.165, 1.54) is 38.5 Å². The number of carbonyl (C=O) groups is 2. The molecule has 0 radical (unpaired) electrons. The van der Waals surface area contributed by atoms with E-state index in [0.29, 0.717) is 11.1 Å². The van der Waals surface area contributed by atoms with Crippen LogP contribution in [0.5, 0.6) is 0 Å². The van der Waals surface area contributed by atoms with Crippen LogP contribution in [-0.4, -0.2) is 90.4 Å². The van der Waals surface area contributed by atoms with Crippen LogP contribution in [0, 0.1) is 67.6 Å². The number of alkyl halides is 4. The molecule has 0 saturated heterocycles. The lowest BCUT2D eigenvalue weighted by Crippen LogP contribution is -2.54. The summed E-state index contributed by atoms with van der Waals surface area (Å²) in [6, 6.07) is 51.5. The Morgan fingerprint density at radius 2 is 0.775 bits per heavy atom. The number of methoxy groups -OCH3 is 2. The molecule has 18 heteroatoms. The fourth-order valence-corrected chi connectivity index (χ4v) is 17.3. The standard InChI is InChI=1S/2C30H26N2O5.2CH2Cl2/c2*1-17-22(18-9-5-3-6-10-18)24-27(33)29(37-2)25-23(17)28(24,34)30(29,20-13-15-21(16-14-20)32(35)36)31-26(25)19-11-7-4-8-12-19;2*2-1-3/h2*3-17,22-25,34H,1-2H3;2*1H2/t2*17-,22+,23-,24+,25+,28-,29+,30+;;/m11../s1. The zero-order valence-corrected chi connectivity index (χ0v) is 46.8. The summed E-state index contributed by atoms with van der Waals surface area (Å²) in [4.78, 5) is 61.7. The molecule has 0 aromatic heterocycles. The second-order valence-corrected chi connectivity index (χ2v) is 23.4. The normalized spacial score (nSPS) is 36.3. The Labute approximate surface area is 482 Å². The quantitative estimate of drug-likeness (QED) is 0.0754. The lowest BCUT2D eigenvalue weighted by Gasteiger charge is -2.42. The molecule has 6 saturated carbocycles. The van der Waals surface area contributed by atoms with E-state index in [0.717, 1.165) is 33.7 Å². The zero-order chi connectivity index (χ0) is 56.9. The molecular weight excluding hydrogens is 1100 g/mol. The number of carbonyl (C=O) groups excluding carboxylic acids is 2. The van der Waals surface area contributed by atoms with E-state index in [1.807, 2.05) is 121 Å². The summed E-state index contributed by atoms with van der Waals surface area (Å²) in [7, 11) is 3.07. The van der Waals surface area contributed by atoms with Crippen LogP contribution in [0.1, 0.15) is 59.1 Å². The van der Waals surface area contributed by atoms with E-state index in [9.17, 15) is 40.0 Å². The van der Waals surface area contributed by atoms with E-state index in [1.54, 1.807) is 24.3 Å². The number of aliphatic hydroxyl groups is 2. The molecular formula is C62H56Cl4N4O10. The van der Waals surface area contributed by atoms with Crippen molar-refractivity contribution in [2.24, 2.45) is 57.3 Å². The molecule has 0 unspecified atom stereocenters. The van der Waals surface area contributed by atoms with Crippen LogP contribution in [0.15, 0.2) is 180 Å². The van der Waals surface area contributed by atoms with E-state index < -0.39 is 67.0 Å². The molecule has 6 aromatic carbocycles. The Kier molecular flexibility index (Phi) is 14.2. The summed E-state index contributed by atoms with van der Waals surface area (Å²) >= 11 is 19.1. The third kappa shape index (κ3) is 6.82. The number of fused-ring (bicyclic) bond motifs is 2. The SMILES string of the molecule is CO[C@]12C(=O)[C@@H]3[C@H](c4ccccc4)[C@@H](C)[C@@H]4[C@H]1C(c1ccccc1)=N[C@@]2(c1ccc([N+](=O)[O-])cc1)[C@@]43O.CO[C@]12C(=O)[C@@H]3[C@H](c4ccccc4)[C@@H](C)[C@@H]4[C@H]1C(c1ccccc1)=N[C@@]2(c1ccc([N+](=O)[O-])cc1)[C@@]43O.ClCCl.ClCCl. The molecule has 80 heavy (non-hydrogen) atoms. The predicted molar refractivity (Wildman–Crippen MR) is 306 cm³/mol. The summed E-state index contributed by atoms with van der Waals surface area (Å²) in [5.41, 5.74) is -2.31.